The molecular formula is C19H25N3O3. The maximum Gasteiger partial charge on any atom is 0.305 e. The van der Waals surface area contributed by atoms with E-state index in [9.17, 15) is 9.59 Å². The third-order valence-corrected chi connectivity index (χ3v) is 4.51. The summed E-state index contributed by atoms with van der Waals surface area (Å²) in [6.07, 6.45) is 0.430. The first-order valence-electron chi connectivity index (χ1n) is 8.35. The molecule has 6 nitrogen and oxygen atoms in total. The van der Waals surface area contributed by atoms with Crippen LogP contribution in [-0.2, 0) is 23.1 Å². The summed E-state index contributed by atoms with van der Waals surface area (Å²) in [7, 11) is 1.88. The molecule has 25 heavy (non-hydrogen) atoms. The number of nitrogens with zero attached hydrogens (tertiary/aromatic N) is 2. The van der Waals surface area contributed by atoms with Crippen molar-refractivity contribution in [1.29, 1.82) is 0 Å². The van der Waals surface area contributed by atoms with Crippen LogP contribution in [0.4, 0.5) is 0 Å². The Hall–Kier alpha value is -2.63. The first kappa shape index (κ1) is 18.7. The van der Waals surface area contributed by atoms with Gasteiger partial charge in [0.25, 0.3) is 0 Å². The molecule has 0 aliphatic carbocycles. The van der Waals surface area contributed by atoms with Crippen LogP contribution in [0.25, 0.3) is 0 Å². The number of amides is 1. The Balaban J connectivity index is 2.10. The molecule has 2 aromatic rings. The van der Waals surface area contributed by atoms with Gasteiger partial charge in [0, 0.05) is 18.7 Å². The van der Waals surface area contributed by atoms with Crippen molar-refractivity contribution in [2.24, 2.45) is 13.0 Å². The fourth-order valence-electron chi connectivity index (χ4n) is 2.94. The van der Waals surface area contributed by atoms with E-state index >= 15 is 0 Å². The Labute approximate surface area is 147 Å². The second-order valence-corrected chi connectivity index (χ2v) is 6.45. The first-order chi connectivity index (χ1) is 11.8. The summed E-state index contributed by atoms with van der Waals surface area (Å²) in [4.78, 5) is 23.8. The summed E-state index contributed by atoms with van der Waals surface area (Å²) in [5, 5.41) is 16.4. The largest absolute Gasteiger partial charge is 0.481 e. The normalized spacial score (nSPS) is 13.3. The highest BCUT2D eigenvalue weighted by atomic mass is 16.4. The number of carboxylic acids is 1. The van der Waals surface area contributed by atoms with Crippen LogP contribution in [0.2, 0.25) is 0 Å². The van der Waals surface area contributed by atoms with Crippen molar-refractivity contribution in [3.63, 3.8) is 0 Å². The molecule has 1 amide bonds. The van der Waals surface area contributed by atoms with Crippen molar-refractivity contribution in [2.75, 3.05) is 0 Å². The van der Waals surface area contributed by atoms with Crippen LogP contribution in [0.5, 0.6) is 0 Å². The van der Waals surface area contributed by atoms with Crippen molar-refractivity contribution in [3.8, 4) is 0 Å². The Bertz CT molecular complexity index is 753. The lowest BCUT2D eigenvalue weighted by Gasteiger charge is -2.20. The number of carboxylic acid groups (broad SMARTS) is 1. The number of aromatic nitrogens is 2. The SMILES string of the molecule is Cc1nn(C)c(C)c1C[C@@H](C)C(=O)N[C@@H](CC(=O)O)c1ccccc1. The number of rotatable bonds is 7. The topological polar surface area (TPSA) is 84.2 Å². The van der Waals surface area contributed by atoms with Crippen molar-refractivity contribution in [2.45, 2.75) is 39.7 Å². The predicted octanol–water partition coefficient (Wildman–Crippen LogP) is 2.55. The zero-order valence-electron chi connectivity index (χ0n) is 15.1. The summed E-state index contributed by atoms with van der Waals surface area (Å²) < 4.78 is 1.81. The Morgan fingerprint density at radius 2 is 1.88 bits per heavy atom. The molecule has 2 N–H and O–H groups in total. The lowest BCUT2D eigenvalue weighted by atomic mass is 9.97. The molecule has 2 atom stereocenters. The molecule has 1 aromatic carbocycles. The summed E-state index contributed by atoms with van der Waals surface area (Å²) in [6.45, 7) is 5.77. The summed E-state index contributed by atoms with van der Waals surface area (Å²) in [5.41, 5.74) is 3.82. The molecule has 6 heteroatoms. The van der Waals surface area contributed by atoms with Gasteiger partial charge in [0.05, 0.1) is 18.2 Å². The van der Waals surface area contributed by atoms with Crippen molar-refractivity contribution in [3.05, 3.63) is 52.8 Å². The number of benzene rings is 1. The van der Waals surface area contributed by atoms with E-state index in [-0.39, 0.29) is 18.2 Å². The molecule has 2 rings (SSSR count). The van der Waals surface area contributed by atoms with Gasteiger partial charge < -0.3 is 10.4 Å². The summed E-state index contributed by atoms with van der Waals surface area (Å²) in [5.74, 6) is -1.37. The standard InChI is InChI=1S/C19H25N3O3/c1-12(10-16-13(2)21-22(4)14(16)3)19(25)20-17(11-18(23)24)15-8-6-5-7-9-15/h5-9,12,17H,10-11H2,1-4H3,(H,20,25)(H,23,24)/t12-,17+/m1/s1. The highest BCUT2D eigenvalue weighted by molar-refractivity contribution is 5.80. The van der Waals surface area contributed by atoms with E-state index in [1.165, 1.54) is 0 Å². The highest BCUT2D eigenvalue weighted by Crippen LogP contribution is 2.20. The number of nitrogens with one attached hydrogen (secondary N) is 1. The van der Waals surface area contributed by atoms with Gasteiger partial charge in [0.1, 0.15) is 0 Å². The second kappa shape index (κ2) is 7.96. The van der Waals surface area contributed by atoms with Gasteiger partial charge in [-0.05, 0) is 31.4 Å². The molecule has 0 saturated carbocycles. The van der Waals surface area contributed by atoms with E-state index in [1.54, 1.807) is 0 Å². The maximum absolute atomic E-state index is 12.6. The van der Waals surface area contributed by atoms with E-state index in [0.717, 1.165) is 22.5 Å². The minimum Gasteiger partial charge on any atom is -0.481 e. The average Bonchev–Trinajstić information content (AvgIpc) is 2.80. The predicted molar refractivity (Wildman–Crippen MR) is 95.1 cm³/mol. The van der Waals surface area contributed by atoms with Crippen LogP contribution in [-0.4, -0.2) is 26.8 Å². The quantitative estimate of drug-likeness (QED) is 0.809. The van der Waals surface area contributed by atoms with Gasteiger partial charge in [-0.1, -0.05) is 37.3 Å². The first-order valence-corrected chi connectivity index (χ1v) is 8.35. The maximum atomic E-state index is 12.6. The lowest BCUT2D eigenvalue weighted by molar-refractivity contribution is -0.137. The van der Waals surface area contributed by atoms with E-state index in [1.807, 2.05) is 62.8 Å². The molecule has 1 heterocycles. The number of aryl methyl sites for hydroxylation is 2. The smallest absolute Gasteiger partial charge is 0.305 e. The highest BCUT2D eigenvalue weighted by Gasteiger charge is 2.23. The Morgan fingerprint density at radius 3 is 2.40 bits per heavy atom. The van der Waals surface area contributed by atoms with Gasteiger partial charge in [-0.3, -0.25) is 14.3 Å². The number of hydrogen-bond donors (Lipinski definition) is 2. The molecule has 0 radical (unpaired) electrons. The van der Waals surface area contributed by atoms with Gasteiger partial charge in [-0.2, -0.15) is 5.10 Å². The molecule has 134 valence electrons. The van der Waals surface area contributed by atoms with Crippen LogP contribution in [0.3, 0.4) is 0 Å². The monoisotopic (exact) mass is 343 g/mol. The van der Waals surface area contributed by atoms with Crippen molar-refractivity contribution in [1.82, 2.24) is 15.1 Å². The van der Waals surface area contributed by atoms with E-state index in [4.69, 9.17) is 5.11 Å². The van der Waals surface area contributed by atoms with Gasteiger partial charge >= 0.3 is 5.97 Å². The molecule has 0 fully saturated rings. The molecule has 0 unspecified atom stereocenters. The number of aliphatic carboxylic acids is 1. The number of carbonyl (C=O) groups is 2. The van der Waals surface area contributed by atoms with Gasteiger partial charge in [0.15, 0.2) is 0 Å². The fourth-order valence-corrected chi connectivity index (χ4v) is 2.94. The van der Waals surface area contributed by atoms with Gasteiger partial charge in [0.2, 0.25) is 5.91 Å². The molecule has 1 aromatic heterocycles. The van der Waals surface area contributed by atoms with Crippen molar-refractivity contribution >= 4 is 11.9 Å². The number of carbonyl (C=O) groups excluding carboxylic acids is 1. The zero-order valence-corrected chi connectivity index (χ0v) is 15.1. The lowest BCUT2D eigenvalue weighted by Crippen LogP contribution is -2.35. The molecule has 0 aliphatic rings. The molecule has 0 bridgehead atoms. The molecular weight excluding hydrogens is 318 g/mol. The third-order valence-electron chi connectivity index (χ3n) is 4.51. The van der Waals surface area contributed by atoms with Crippen LogP contribution in [0.15, 0.2) is 30.3 Å². The van der Waals surface area contributed by atoms with Gasteiger partial charge in [-0.25, -0.2) is 0 Å². The van der Waals surface area contributed by atoms with E-state index < -0.39 is 12.0 Å². The van der Waals surface area contributed by atoms with Crippen molar-refractivity contribution < 1.29 is 14.7 Å². The minimum absolute atomic E-state index is 0.145. The average molecular weight is 343 g/mol. The van der Waals surface area contributed by atoms with E-state index in [2.05, 4.69) is 10.4 Å². The van der Waals surface area contributed by atoms with Crippen LogP contribution in [0.1, 0.15) is 41.9 Å². The molecule has 0 spiro atoms. The Kier molecular flexibility index (Phi) is 5.96. The fraction of sp³-hybridized carbons (Fsp3) is 0.421. The van der Waals surface area contributed by atoms with E-state index in [0.29, 0.717) is 6.42 Å². The van der Waals surface area contributed by atoms with Crippen LogP contribution < -0.4 is 5.32 Å². The summed E-state index contributed by atoms with van der Waals surface area (Å²) in [6, 6.07) is 8.65. The third kappa shape index (κ3) is 4.68. The Morgan fingerprint density at radius 1 is 1.24 bits per heavy atom. The minimum atomic E-state index is -0.944. The molecule has 0 saturated heterocycles. The zero-order chi connectivity index (χ0) is 18.6. The van der Waals surface area contributed by atoms with Crippen LogP contribution >= 0.6 is 0 Å². The molecule has 0 aliphatic heterocycles. The number of hydrogen-bond acceptors (Lipinski definition) is 3. The second-order valence-electron chi connectivity index (χ2n) is 6.45. The summed E-state index contributed by atoms with van der Waals surface area (Å²) >= 11 is 0. The van der Waals surface area contributed by atoms with Gasteiger partial charge in [-0.15, -0.1) is 0 Å². The van der Waals surface area contributed by atoms with Crippen LogP contribution in [0, 0.1) is 19.8 Å².